The van der Waals surface area contributed by atoms with Crippen LogP contribution in [0.2, 0.25) is 0 Å². The number of fused-ring (bicyclic) bond motifs is 5. The number of carbonyl (C=O) groups is 1. The van der Waals surface area contributed by atoms with Gasteiger partial charge in [0.25, 0.3) is 0 Å². The maximum atomic E-state index is 11.4. The molecule has 33 heavy (non-hydrogen) atoms. The summed E-state index contributed by atoms with van der Waals surface area (Å²) in [6.45, 7) is 12.5. The van der Waals surface area contributed by atoms with Gasteiger partial charge in [-0.3, -0.25) is 4.79 Å². The highest BCUT2D eigenvalue weighted by atomic mass is 79.9. The summed E-state index contributed by atoms with van der Waals surface area (Å²) in [4.78, 5) is 11.9. The molecule has 0 spiro atoms. The predicted octanol–water partition coefficient (Wildman–Crippen LogP) is 9.09. The summed E-state index contributed by atoms with van der Waals surface area (Å²) in [6, 6.07) is 0. The van der Waals surface area contributed by atoms with Crippen molar-refractivity contribution in [1.29, 1.82) is 0 Å². The van der Waals surface area contributed by atoms with Crippen LogP contribution in [0, 0.1) is 52.3 Å². The zero-order chi connectivity index (χ0) is 24.2. The molecular weight excluding hydrogens is 540 g/mol. The fourth-order valence-electron chi connectivity index (χ4n) is 9.73. The minimum atomic E-state index is -0.632. The predicted molar refractivity (Wildman–Crippen MR) is 145 cm³/mol. The van der Waals surface area contributed by atoms with E-state index in [9.17, 15) is 9.90 Å². The monoisotopic (exact) mass is 586 g/mol. The Morgan fingerprint density at radius 3 is 2.42 bits per heavy atom. The van der Waals surface area contributed by atoms with Crippen LogP contribution in [0.25, 0.3) is 0 Å². The van der Waals surface area contributed by atoms with Crippen molar-refractivity contribution in [2.24, 2.45) is 52.3 Å². The highest BCUT2D eigenvalue weighted by molar-refractivity contribution is 9.12. The molecule has 0 amide bonds. The summed E-state index contributed by atoms with van der Waals surface area (Å²) in [6.07, 6.45) is 14.7. The molecule has 2 nitrogen and oxygen atoms in total. The van der Waals surface area contributed by atoms with Crippen molar-refractivity contribution in [1.82, 2.24) is 0 Å². The van der Waals surface area contributed by atoms with E-state index in [1.54, 1.807) is 0 Å². The Labute approximate surface area is 220 Å². The summed E-state index contributed by atoms with van der Waals surface area (Å²) < 4.78 is 0.0371. The summed E-state index contributed by atoms with van der Waals surface area (Å²) in [5, 5.41) is 9.42. The Morgan fingerprint density at radius 2 is 1.76 bits per heavy atom. The molecular formula is C29H48Br2O2. The lowest BCUT2D eigenvalue weighted by Gasteiger charge is -2.66. The maximum Gasteiger partial charge on any atom is 0.303 e. The van der Waals surface area contributed by atoms with Crippen LogP contribution in [0.1, 0.15) is 112 Å². The average Bonchev–Trinajstić information content (AvgIpc) is 3.07. The van der Waals surface area contributed by atoms with E-state index in [1.165, 1.54) is 57.8 Å². The first kappa shape index (κ1) is 26.5. The van der Waals surface area contributed by atoms with E-state index in [2.05, 4.69) is 66.5 Å². The number of carboxylic acids is 1. The number of halogens is 2. The molecule has 0 unspecified atom stereocenters. The highest BCUT2D eigenvalue weighted by Crippen LogP contribution is 2.72. The Hall–Kier alpha value is 0.430. The molecule has 190 valence electrons. The molecule has 0 bridgehead atoms. The number of hydrogen-bond donors (Lipinski definition) is 1. The lowest BCUT2D eigenvalue weighted by atomic mass is 9.43. The molecule has 0 heterocycles. The first-order valence-electron chi connectivity index (χ1n) is 14.0. The number of rotatable bonds is 7. The van der Waals surface area contributed by atoms with Gasteiger partial charge in [0.15, 0.2) is 0 Å². The van der Waals surface area contributed by atoms with Gasteiger partial charge in [0.2, 0.25) is 0 Å². The molecule has 4 heteroatoms. The Bertz CT molecular complexity index is 724. The van der Waals surface area contributed by atoms with Gasteiger partial charge in [0.05, 0.1) is 0 Å². The molecule has 4 aliphatic rings. The van der Waals surface area contributed by atoms with E-state index in [0.29, 0.717) is 22.6 Å². The van der Waals surface area contributed by atoms with Gasteiger partial charge in [-0.25, -0.2) is 0 Å². The number of hydrogen-bond acceptors (Lipinski definition) is 1. The molecule has 1 N–H and O–H groups in total. The molecule has 0 aliphatic heterocycles. The zero-order valence-corrected chi connectivity index (χ0v) is 24.9. The van der Waals surface area contributed by atoms with Crippen molar-refractivity contribution in [2.45, 2.75) is 121 Å². The Balaban J connectivity index is 1.51. The normalized spacial score (nSPS) is 48.1. The van der Waals surface area contributed by atoms with E-state index in [-0.39, 0.29) is 9.74 Å². The zero-order valence-electron chi connectivity index (χ0n) is 21.7. The molecule has 4 fully saturated rings. The van der Waals surface area contributed by atoms with E-state index >= 15 is 0 Å². The van der Waals surface area contributed by atoms with Gasteiger partial charge in [0.1, 0.15) is 0 Å². The number of aliphatic carboxylic acids is 1. The van der Waals surface area contributed by atoms with E-state index in [0.717, 1.165) is 48.3 Å². The molecule has 4 rings (SSSR count). The minimum Gasteiger partial charge on any atom is -0.481 e. The molecule has 0 aromatic carbocycles. The quantitative estimate of drug-likeness (QED) is 0.301. The van der Waals surface area contributed by atoms with Crippen LogP contribution >= 0.6 is 31.9 Å². The molecule has 0 aromatic heterocycles. The number of carboxylic acid groups (broad SMARTS) is 1. The Kier molecular flexibility index (Phi) is 7.80. The fraction of sp³-hybridized carbons (Fsp3) is 0.966. The SMILES string of the molecule is CC(C)CCC[C@@H](C)[C@H]1CC[C@H]2[C@@H]3C[C@@H](Br)[C@@]4(Br)C[C@@H](CC(=O)O)CC[C@]4(C)[C@H]3CC[C@]12C. The second-order valence-corrected chi connectivity index (χ2v) is 16.1. The molecule has 10 atom stereocenters. The topological polar surface area (TPSA) is 37.3 Å². The summed E-state index contributed by atoms with van der Waals surface area (Å²) in [7, 11) is 0. The van der Waals surface area contributed by atoms with Gasteiger partial charge in [-0.2, -0.15) is 0 Å². The maximum absolute atomic E-state index is 11.4. The average molecular weight is 589 g/mol. The minimum absolute atomic E-state index is 0.0371. The summed E-state index contributed by atoms with van der Waals surface area (Å²) in [5.74, 6) is 4.75. The highest BCUT2D eigenvalue weighted by Gasteiger charge is 2.66. The smallest absolute Gasteiger partial charge is 0.303 e. The third-order valence-corrected chi connectivity index (χ3v) is 15.1. The molecule has 4 aliphatic carbocycles. The van der Waals surface area contributed by atoms with Crippen molar-refractivity contribution < 1.29 is 9.90 Å². The third kappa shape index (κ3) is 4.53. The fourth-order valence-corrected chi connectivity index (χ4v) is 12.0. The van der Waals surface area contributed by atoms with Crippen LogP contribution in [0.15, 0.2) is 0 Å². The number of alkyl halides is 2. The first-order chi connectivity index (χ1) is 15.4. The van der Waals surface area contributed by atoms with Crippen LogP contribution in [0.3, 0.4) is 0 Å². The van der Waals surface area contributed by atoms with Crippen molar-refractivity contribution in [2.75, 3.05) is 0 Å². The van der Waals surface area contributed by atoms with Crippen molar-refractivity contribution in [3.63, 3.8) is 0 Å². The van der Waals surface area contributed by atoms with Gasteiger partial charge >= 0.3 is 5.97 Å². The molecule has 0 aromatic rings. The van der Waals surface area contributed by atoms with Crippen LogP contribution in [0.5, 0.6) is 0 Å². The van der Waals surface area contributed by atoms with Gasteiger partial charge in [-0.15, -0.1) is 0 Å². The van der Waals surface area contributed by atoms with Gasteiger partial charge < -0.3 is 5.11 Å². The van der Waals surface area contributed by atoms with Crippen LogP contribution in [-0.2, 0) is 4.79 Å². The molecule has 0 saturated heterocycles. The van der Waals surface area contributed by atoms with Crippen molar-refractivity contribution in [3.8, 4) is 0 Å². The van der Waals surface area contributed by atoms with E-state index < -0.39 is 5.97 Å². The van der Waals surface area contributed by atoms with Crippen LogP contribution in [0.4, 0.5) is 0 Å². The third-order valence-electron chi connectivity index (χ3n) is 11.5. The molecule has 4 saturated carbocycles. The molecule has 0 radical (unpaired) electrons. The second kappa shape index (κ2) is 9.71. The summed E-state index contributed by atoms with van der Waals surface area (Å²) >= 11 is 8.50. The lowest BCUT2D eigenvalue weighted by Crippen LogP contribution is -2.64. The van der Waals surface area contributed by atoms with Crippen molar-refractivity contribution >= 4 is 37.8 Å². The first-order valence-corrected chi connectivity index (χ1v) is 15.7. The Morgan fingerprint density at radius 1 is 1.03 bits per heavy atom. The van der Waals surface area contributed by atoms with Crippen LogP contribution in [-0.4, -0.2) is 20.2 Å². The van der Waals surface area contributed by atoms with Gasteiger partial charge in [-0.05, 0) is 104 Å². The van der Waals surface area contributed by atoms with Gasteiger partial charge in [-0.1, -0.05) is 85.7 Å². The van der Waals surface area contributed by atoms with Gasteiger partial charge in [0, 0.05) is 15.6 Å². The summed E-state index contributed by atoms with van der Waals surface area (Å²) in [5.41, 5.74) is 0.787. The second-order valence-electron chi connectivity index (χ2n) is 13.6. The standard InChI is InChI=1S/C29H48Br2O2/c1-18(2)7-6-8-19(3)22-9-10-23-21-16-25(30)29(31)17-20(15-26(32)33)11-14-28(29,5)24(21)12-13-27(22,23)4/h18-25H,6-17H2,1-5H3,(H,32,33)/t19-,20-,21+,22-,23+,24+,25-,27-,28-,29+/m1/s1. The largest absolute Gasteiger partial charge is 0.481 e. The van der Waals surface area contributed by atoms with E-state index in [4.69, 9.17) is 0 Å². The van der Waals surface area contributed by atoms with E-state index in [1.807, 2.05) is 0 Å². The van der Waals surface area contributed by atoms with Crippen molar-refractivity contribution in [3.05, 3.63) is 0 Å². The van der Waals surface area contributed by atoms with Crippen LogP contribution < -0.4 is 0 Å². The lowest BCUT2D eigenvalue weighted by molar-refractivity contribution is -0.140.